The summed E-state index contributed by atoms with van der Waals surface area (Å²) in [5.41, 5.74) is 7.30. The topological polar surface area (TPSA) is 55.9 Å². The maximum atomic E-state index is 13.5. The summed E-state index contributed by atoms with van der Waals surface area (Å²) in [6.45, 7) is 0.519. The summed E-state index contributed by atoms with van der Waals surface area (Å²) in [6, 6.07) is 5.35. The van der Waals surface area contributed by atoms with E-state index in [1.54, 1.807) is 16.8 Å². The van der Waals surface area contributed by atoms with Gasteiger partial charge < -0.3 is 11.1 Å². The molecule has 0 aliphatic carbocycles. The van der Waals surface area contributed by atoms with E-state index in [-0.39, 0.29) is 11.5 Å². The van der Waals surface area contributed by atoms with Crippen molar-refractivity contribution < 1.29 is 4.39 Å². The molecule has 4 nitrogen and oxygen atoms in total. The summed E-state index contributed by atoms with van der Waals surface area (Å²) in [4.78, 5) is 0. The molecule has 90 valence electrons. The van der Waals surface area contributed by atoms with Gasteiger partial charge in [-0.15, -0.1) is 0 Å². The van der Waals surface area contributed by atoms with Crippen molar-refractivity contribution in [3.05, 3.63) is 39.5 Å². The molecule has 1 aromatic carbocycles. The Labute approximate surface area is 112 Å². The second kappa shape index (κ2) is 4.91. The van der Waals surface area contributed by atoms with Gasteiger partial charge in [-0.05, 0) is 40.8 Å². The molecule has 0 bridgehead atoms. The van der Waals surface area contributed by atoms with Gasteiger partial charge in [0.05, 0.1) is 27.2 Å². The third-order valence-corrected chi connectivity index (χ3v) is 3.19. The van der Waals surface area contributed by atoms with Crippen LogP contribution in [-0.2, 0) is 13.6 Å². The molecule has 0 saturated heterocycles. The lowest BCUT2D eigenvalue weighted by molar-refractivity contribution is 0.625. The molecule has 0 saturated carbocycles. The highest BCUT2D eigenvalue weighted by Gasteiger charge is 2.08. The predicted molar refractivity (Wildman–Crippen MR) is 74.1 cm³/mol. The molecule has 0 radical (unpaired) electrons. The third kappa shape index (κ3) is 2.68. The number of halogens is 2. The zero-order chi connectivity index (χ0) is 12.4. The van der Waals surface area contributed by atoms with Crippen LogP contribution in [0.2, 0.25) is 0 Å². The second-order valence-corrected chi connectivity index (χ2v) is 4.82. The zero-order valence-electron chi connectivity index (χ0n) is 9.24. The van der Waals surface area contributed by atoms with Gasteiger partial charge in [0.1, 0.15) is 0 Å². The smallest absolute Gasteiger partial charge is 0.161 e. The van der Waals surface area contributed by atoms with Crippen molar-refractivity contribution >= 4 is 34.0 Å². The first-order valence-corrected chi connectivity index (χ1v) is 6.11. The van der Waals surface area contributed by atoms with Crippen LogP contribution in [0.15, 0.2) is 24.4 Å². The van der Waals surface area contributed by atoms with Gasteiger partial charge >= 0.3 is 0 Å². The van der Waals surface area contributed by atoms with Crippen molar-refractivity contribution in [3.8, 4) is 0 Å². The van der Waals surface area contributed by atoms with E-state index in [0.717, 1.165) is 5.69 Å². The molecule has 3 N–H and O–H groups in total. The molecule has 17 heavy (non-hydrogen) atoms. The predicted octanol–water partition coefficient (Wildman–Crippen LogP) is 2.36. The molecule has 1 heterocycles. The SMILES string of the molecule is Cn1ccc(CNc2ccc(I)c(F)c2N)n1. The van der Waals surface area contributed by atoms with Crippen LogP contribution in [0, 0.1) is 9.39 Å². The van der Waals surface area contributed by atoms with E-state index in [0.29, 0.717) is 15.8 Å². The summed E-state index contributed by atoms with van der Waals surface area (Å²) in [5.74, 6) is -0.378. The highest BCUT2D eigenvalue weighted by molar-refractivity contribution is 14.1. The minimum absolute atomic E-state index is 0.146. The fraction of sp³-hybridized carbons (Fsp3) is 0.182. The van der Waals surface area contributed by atoms with Crippen LogP contribution in [0.5, 0.6) is 0 Å². The summed E-state index contributed by atoms with van der Waals surface area (Å²) in [6.07, 6.45) is 1.86. The average molecular weight is 346 g/mol. The van der Waals surface area contributed by atoms with Crippen molar-refractivity contribution in [2.45, 2.75) is 6.54 Å². The quantitative estimate of drug-likeness (QED) is 0.663. The minimum Gasteiger partial charge on any atom is -0.395 e. The molecule has 0 unspecified atom stereocenters. The molecular formula is C11H12FIN4. The Morgan fingerprint density at radius 1 is 1.47 bits per heavy atom. The van der Waals surface area contributed by atoms with Gasteiger partial charge in [0.25, 0.3) is 0 Å². The van der Waals surface area contributed by atoms with Gasteiger partial charge in [-0.3, -0.25) is 4.68 Å². The van der Waals surface area contributed by atoms with Crippen LogP contribution < -0.4 is 11.1 Å². The van der Waals surface area contributed by atoms with Crippen LogP contribution in [-0.4, -0.2) is 9.78 Å². The van der Waals surface area contributed by atoms with Crippen molar-refractivity contribution in [3.63, 3.8) is 0 Å². The van der Waals surface area contributed by atoms with Crippen LogP contribution in [0.3, 0.4) is 0 Å². The minimum atomic E-state index is -0.378. The number of anilines is 2. The maximum absolute atomic E-state index is 13.5. The van der Waals surface area contributed by atoms with Gasteiger partial charge in [-0.1, -0.05) is 0 Å². The Morgan fingerprint density at radius 2 is 2.24 bits per heavy atom. The van der Waals surface area contributed by atoms with Crippen LogP contribution in [0.1, 0.15) is 5.69 Å². The Balaban J connectivity index is 2.12. The number of rotatable bonds is 3. The lowest BCUT2D eigenvalue weighted by Crippen LogP contribution is -2.05. The molecule has 2 rings (SSSR count). The number of hydrogen-bond donors (Lipinski definition) is 2. The summed E-state index contributed by atoms with van der Waals surface area (Å²) in [5, 5.41) is 7.28. The number of hydrogen-bond acceptors (Lipinski definition) is 3. The molecule has 0 amide bonds. The first-order valence-electron chi connectivity index (χ1n) is 5.04. The maximum Gasteiger partial charge on any atom is 0.161 e. The highest BCUT2D eigenvalue weighted by Crippen LogP contribution is 2.25. The molecule has 0 fully saturated rings. The second-order valence-electron chi connectivity index (χ2n) is 3.66. The summed E-state index contributed by atoms with van der Waals surface area (Å²) < 4.78 is 15.8. The van der Waals surface area contributed by atoms with Crippen LogP contribution >= 0.6 is 22.6 Å². The lowest BCUT2D eigenvalue weighted by atomic mass is 10.2. The number of aromatic nitrogens is 2. The van der Waals surface area contributed by atoms with E-state index in [1.165, 1.54) is 0 Å². The van der Waals surface area contributed by atoms with Gasteiger partial charge in [-0.2, -0.15) is 5.10 Å². The monoisotopic (exact) mass is 346 g/mol. The number of nitrogens with zero attached hydrogens (tertiary/aromatic N) is 2. The van der Waals surface area contributed by atoms with Crippen molar-refractivity contribution in [1.29, 1.82) is 0 Å². The highest BCUT2D eigenvalue weighted by atomic mass is 127. The van der Waals surface area contributed by atoms with Crippen molar-refractivity contribution in [1.82, 2.24) is 9.78 Å². The molecule has 0 atom stereocenters. The largest absolute Gasteiger partial charge is 0.395 e. The summed E-state index contributed by atoms with van der Waals surface area (Å²) >= 11 is 1.91. The molecule has 0 aliphatic heterocycles. The van der Waals surface area contributed by atoms with E-state index in [2.05, 4.69) is 10.4 Å². The van der Waals surface area contributed by atoms with Crippen LogP contribution in [0.4, 0.5) is 15.8 Å². The number of aryl methyl sites for hydroxylation is 1. The fourth-order valence-electron chi connectivity index (χ4n) is 1.46. The molecule has 2 aromatic rings. The normalized spacial score (nSPS) is 10.5. The van der Waals surface area contributed by atoms with Gasteiger partial charge in [0, 0.05) is 13.2 Å². The van der Waals surface area contributed by atoms with Gasteiger partial charge in [-0.25, -0.2) is 4.39 Å². The van der Waals surface area contributed by atoms with Crippen LogP contribution in [0.25, 0.3) is 0 Å². The van der Waals surface area contributed by atoms with E-state index in [4.69, 9.17) is 5.73 Å². The first kappa shape index (κ1) is 12.2. The van der Waals surface area contributed by atoms with Crippen molar-refractivity contribution in [2.24, 2.45) is 7.05 Å². The average Bonchev–Trinajstić information content (AvgIpc) is 2.71. The van der Waals surface area contributed by atoms with E-state index in [9.17, 15) is 4.39 Å². The first-order chi connectivity index (χ1) is 8.08. The lowest BCUT2D eigenvalue weighted by Gasteiger charge is -2.09. The standard InChI is InChI=1S/C11H12FIN4/c1-17-5-4-7(16-17)6-15-9-3-2-8(13)10(12)11(9)14/h2-5,15H,6,14H2,1H3. The fourth-order valence-corrected chi connectivity index (χ4v) is 1.93. The summed E-state index contributed by atoms with van der Waals surface area (Å²) in [7, 11) is 1.85. The molecule has 1 aromatic heterocycles. The van der Waals surface area contributed by atoms with E-state index >= 15 is 0 Å². The number of nitrogens with two attached hydrogens (primary N) is 1. The Kier molecular flexibility index (Phi) is 3.51. The number of benzene rings is 1. The molecule has 0 spiro atoms. The number of nitrogens with one attached hydrogen (secondary N) is 1. The Hall–Kier alpha value is -1.31. The Morgan fingerprint density at radius 3 is 2.88 bits per heavy atom. The molecule has 6 heteroatoms. The van der Waals surface area contributed by atoms with E-state index < -0.39 is 0 Å². The van der Waals surface area contributed by atoms with E-state index in [1.807, 2.05) is 41.9 Å². The third-order valence-electron chi connectivity index (χ3n) is 2.36. The van der Waals surface area contributed by atoms with Gasteiger partial charge in [0.2, 0.25) is 0 Å². The zero-order valence-corrected chi connectivity index (χ0v) is 11.4. The molecule has 0 aliphatic rings. The van der Waals surface area contributed by atoms with Crippen molar-refractivity contribution in [2.75, 3.05) is 11.1 Å². The van der Waals surface area contributed by atoms with Gasteiger partial charge in [0.15, 0.2) is 5.82 Å². The molecular weight excluding hydrogens is 334 g/mol. The number of nitrogen functional groups attached to an aromatic ring is 1. The Bertz CT molecular complexity index is 538.